The van der Waals surface area contributed by atoms with Gasteiger partial charge in [-0.3, -0.25) is 4.99 Å². The highest BCUT2D eigenvalue weighted by Crippen LogP contribution is 2.30. The van der Waals surface area contributed by atoms with Gasteiger partial charge in [-0.15, -0.1) is 0 Å². The zero-order chi connectivity index (χ0) is 22.4. The maximum Gasteiger partial charge on any atom is 0.511 e. The molecular formula is C20H31F3N4O2S. The standard InChI is InChI=1S/C20H31F3N4O2S/c1-4-24-18(26-15-19(2,3)17-8-6-5-7-9-17)25-14-16-10-12-27(13-11-16)30(28,29)20(21,22)23/h5-9,16H,4,10-15H2,1-3H3,(H2,24,25,26). The molecule has 1 saturated heterocycles. The Balaban J connectivity index is 1.90. The molecule has 0 radical (unpaired) electrons. The van der Waals surface area contributed by atoms with E-state index in [1.54, 1.807) is 0 Å². The minimum absolute atomic E-state index is 0.0793. The molecule has 0 spiro atoms. The van der Waals surface area contributed by atoms with E-state index in [9.17, 15) is 21.6 Å². The summed E-state index contributed by atoms with van der Waals surface area (Å²) >= 11 is 0. The first-order valence-electron chi connectivity index (χ1n) is 10.1. The van der Waals surface area contributed by atoms with Gasteiger partial charge in [0.25, 0.3) is 0 Å². The molecule has 30 heavy (non-hydrogen) atoms. The molecule has 0 atom stereocenters. The Bertz CT molecular complexity index is 803. The molecule has 0 bridgehead atoms. The second kappa shape index (κ2) is 10.00. The molecule has 1 fully saturated rings. The number of nitrogens with one attached hydrogen (secondary N) is 2. The van der Waals surface area contributed by atoms with E-state index in [4.69, 9.17) is 0 Å². The summed E-state index contributed by atoms with van der Waals surface area (Å²) < 4.78 is 61.6. The number of halogens is 3. The van der Waals surface area contributed by atoms with E-state index >= 15 is 0 Å². The minimum atomic E-state index is -5.24. The van der Waals surface area contributed by atoms with E-state index in [1.165, 1.54) is 5.56 Å². The number of guanidine groups is 1. The Morgan fingerprint density at radius 1 is 1.13 bits per heavy atom. The van der Waals surface area contributed by atoms with Gasteiger partial charge in [0.1, 0.15) is 0 Å². The molecule has 0 aromatic heterocycles. The van der Waals surface area contributed by atoms with Crippen molar-refractivity contribution < 1.29 is 21.6 Å². The Hall–Kier alpha value is -1.81. The number of sulfonamides is 1. The summed E-state index contributed by atoms with van der Waals surface area (Å²) in [6, 6.07) is 10.1. The van der Waals surface area contributed by atoms with Crippen molar-refractivity contribution in [1.29, 1.82) is 0 Å². The molecule has 2 rings (SSSR count). The van der Waals surface area contributed by atoms with Crippen molar-refractivity contribution in [2.24, 2.45) is 10.9 Å². The number of aliphatic imine (C=N–C) groups is 1. The van der Waals surface area contributed by atoms with Crippen LogP contribution in [0.25, 0.3) is 0 Å². The van der Waals surface area contributed by atoms with Gasteiger partial charge >= 0.3 is 15.5 Å². The molecule has 10 heteroatoms. The van der Waals surface area contributed by atoms with Gasteiger partial charge in [-0.1, -0.05) is 44.2 Å². The fourth-order valence-electron chi connectivity index (χ4n) is 3.34. The SMILES string of the molecule is CCNC(=NCC(C)(C)c1ccccc1)NCC1CCN(S(=O)(=O)C(F)(F)F)CC1. The lowest BCUT2D eigenvalue weighted by atomic mass is 9.85. The first-order chi connectivity index (χ1) is 14.0. The summed E-state index contributed by atoms with van der Waals surface area (Å²) in [5.41, 5.74) is -4.21. The topological polar surface area (TPSA) is 73.8 Å². The Morgan fingerprint density at radius 3 is 2.27 bits per heavy atom. The van der Waals surface area contributed by atoms with E-state index in [0.29, 0.717) is 42.7 Å². The van der Waals surface area contributed by atoms with Crippen molar-refractivity contribution in [2.45, 2.75) is 44.5 Å². The number of nitrogens with zero attached hydrogens (tertiary/aromatic N) is 2. The number of hydrogen-bond acceptors (Lipinski definition) is 3. The number of hydrogen-bond donors (Lipinski definition) is 2. The zero-order valence-corrected chi connectivity index (χ0v) is 18.5. The summed E-state index contributed by atoms with van der Waals surface area (Å²) in [6.45, 7) is 7.72. The van der Waals surface area contributed by atoms with Crippen LogP contribution in [-0.2, 0) is 15.4 Å². The van der Waals surface area contributed by atoms with Crippen LogP contribution in [0.4, 0.5) is 13.2 Å². The number of piperidine rings is 1. The number of rotatable bonds is 7. The lowest BCUT2D eigenvalue weighted by Gasteiger charge is -2.32. The average Bonchev–Trinajstić information content (AvgIpc) is 2.70. The molecule has 0 aliphatic carbocycles. The summed E-state index contributed by atoms with van der Waals surface area (Å²) in [6.07, 6.45) is 0.744. The van der Waals surface area contributed by atoms with Gasteiger partial charge in [-0.25, -0.2) is 8.42 Å². The second-order valence-corrected chi connectivity index (χ2v) is 10.0. The molecule has 1 aliphatic heterocycles. The second-order valence-electron chi connectivity index (χ2n) is 8.12. The molecule has 1 aromatic carbocycles. The van der Waals surface area contributed by atoms with E-state index in [-0.39, 0.29) is 24.4 Å². The number of alkyl halides is 3. The van der Waals surface area contributed by atoms with Crippen LogP contribution in [0.3, 0.4) is 0 Å². The largest absolute Gasteiger partial charge is 0.511 e. The van der Waals surface area contributed by atoms with Crippen molar-refractivity contribution in [2.75, 3.05) is 32.7 Å². The van der Waals surface area contributed by atoms with Crippen molar-refractivity contribution >= 4 is 16.0 Å². The Labute approximate surface area is 177 Å². The number of benzene rings is 1. The van der Waals surface area contributed by atoms with Crippen LogP contribution in [0, 0.1) is 5.92 Å². The predicted octanol–water partition coefficient (Wildman–Crippen LogP) is 3.08. The maximum atomic E-state index is 12.7. The van der Waals surface area contributed by atoms with Crippen LogP contribution in [0.5, 0.6) is 0 Å². The molecular weight excluding hydrogens is 417 g/mol. The third kappa shape index (κ3) is 6.34. The highest BCUT2D eigenvalue weighted by atomic mass is 32.2. The van der Waals surface area contributed by atoms with Gasteiger partial charge in [0.2, 0.25) is 0 Å². The molecule has 2 N–H and O–H groups in total. The summed E-state index contributed by atoms with van der Waals surface area (Å²) in [4.78, 5) is 4.67. The Morgan fingerprint density at radius 2 is 1.73 bits per heavy atom. The normalized spacial score (nSPS) is 17.7. The van der Waals surface area contributed by atoms with Gasteiger partial charge < -0.3 is 10.6 Å². The average molecular weight is 449 g/mol. The fourth-order valence-corrected chi connectivity index (χ4v) is 4.32. The molecule has 0 saturated carbocycles. The van der Waals surface area contributed by atoms with E-state index < -0.39 is 15.5 Å². The lowest BCUT2D eigenvalue weighted by Crippen LogP contribution is -2.47. The van der Waals surface area contributed by atoms with Crippen LogP contribution in [0.2, 0.25) is 0 Å². The molecule has 170 valence electrons. The quantitative estimate of drug-likeness (QED) is 0.497. The summed E-state index contributed by atoms with van der Waals surface area (Å²) in [5.74, 6) is 0.725. The van der Waals surface area contributed by atoms with E-state index in [0.717, 1.165) is 0 Å². The van der Waals surface area contributed by atoms with Crippen LogP contribution < -0.4 is 10.6 Å². The highest BCUT2D eigenvalue weighted by molar-refractivity contribution is 7.90. The highest BCUT2D eigenvalue weighted by Gasteiger charge is 2.50. The van der Waals surface area contributed by atoms with Gasteiger partial charge in [0.15, 0.2) is 5.96 Å². The molecule has 1 heterocycles. The van der Waals surface area contributed by atoms with Crippen molar-refractivity contribution in [3.05, 3.63) is 35.9 Å². The lowest BCUT2D eigenvalue weighted by molar-refractivity contribution is -0.0496. The summed E-state index contributed by atoms with van der Waals surface area (Å²) in [7, 11) is -5.24. The van der Waals surface area contributed by atoms with Crippen LogP contribution in [-0.4, -0.2) is 56.9 Å². The smallest absolute Gasteiger partial charge is 0.357 e. The third-order valence-electron chi connectivity index (χ3n) is 5.30. The molecule has 0 amide bonds. The third-order valence-corrected chi connectivity index (χ3v) is 6.93. The van der Waals surface area contributed by atoms with Gasteiger partial charge in [-0.05, 0) is 31.2 Å². The van der Waals surface area contributed by atoms with Crippen molar-refractivity contribution in [1.82, 2.24) is 14.9 Å². The van der Waals surface area contributed by atoms with E-state index in [1.807, 2.05) is 25.1 Å². The molecule has 0 unspecified atom stereocenters. The van der Waals surface area contributed by atoms with Crippen molar-refractivity contribution in [3.8, 4) is 0 Å². The van der Waals surface area contributed by atoms with Crippen LogP contribution in [0.15, 0.2) is 35.3 Å². The van der Waals surface area contributed by atoms with Crippen LogP contribution in [0.1, 0.15) is 39.2 Å². The molecule has 1 aromatic rings. The molecule has 1 aliphatic rings. The summed E-state index contributed by atoms with van der Waals surface area (Å²) in [5, 5.41) is 6.43. The zero-order valence-electron chi connectivity index (χ0n) is 17.7. The van der Waals surface area contributed by atoms with E-state index in [2.05, 4.69) is 41.6 Å². The van der Waals surface area contributed by atoms with Crippen molar-refractivity contribution in [3.63, 3.8) is 0 Å². The van der Waals surface area contributed by atoms with Gasteiger partial charge in [0.05, 0.1) is 6.54 Å². The van der Waals surface area contributed by atoms with Gasteiger partial charge in [0, 0.05) is 31.6 Å². The Kier molecular flexibility index (Phi) is 8.15. The van der Waals surface area contributed by atoms with Crippen LogP contribution >= 0.6 is 0 Å². The maximum absolute atomic E-state index is 12.7. The monoisotopic (exact) mass is 448 g/mol. The minimum Gasteiger partial charge on any atom is -0.357 e. The molecule has 6 nitrogen and oxygen atoms in total. The first-order valence-corrected chi connectivity index (χ1v) is 11.6. The van der Waals surface area contributed by atoms with Gasteiger partial charge in [-0.2, -0.15) is 17.5 Å². The predicted molar refractivity (Wildman–Crippen MR) is 113 cm³/mol. The first kappa shape index (κ1) is 24.5. The fraction of sp³-hybridized carbons (Fsp3) is 0.650.